The van der Waals surface area contributed by atoms with Gasteiger partial charge in [-0.15, -0.1) is 0 Å². The standard InChI is InChI=1S/C11H13F7O2.C6H3F7O2/c1-4-9(5-2,20-7(19)6(3)12)10(14,15)8(13)11(16,17)18;1-2(7)3(14)15-4(5(8,9)10)6(11,12)13/h8H,3-5H2,1-2H3;4H,1H2. The second-order valence-electron chi connectivity index (χ2n) is 6.30. The van der Waals surface area contributed by atoms with E-state index in [-0.39, 0.29) is 0 Å². The fourth-order valence-electron chi connectivity index (χ4n) is 2.09. The Morgan fingerprint density at radius 1 is 0.714 bits per heavy atom. The molecule has 0 aromatic heterocycles. The van der Waals surface area contributed by atoms with Crippen LogP contribution in [0.4, 0.5) is 61.5 Å². The minimum atomic E-state index is -5.86. The first kappa shape index (κ1) is 34.6. The Morgan fingerprint density at radius 2 is 1.06 bits per heavy atom. The molecule has 18 heteroatoms. The lowest BCUT2D eigenvalue weighted by Gasteiger charge is -2.40. The SMILES string of the molecule is C=C(F)C(=O)OC(C(F)(F)F)C(F)(F)F.C=C(F)C(=O)OC(CC)(CC)C(F)(F)C(F)C(F)(F)F. The molecule has 1 atom stereocenters. The van der Waals surface area contributed by atoms with Gasteiger partial charge in [-0.3, -0.25) is 0 Å². The lowest BCUT2D eigenvalue weighted by molar-refractivity contribution is -0.312. The summed E-state index contributed by atoms with van der Waals surface area (Å²) in [5.74, 6) is -13.2. The third-order valence-electron chi connectivity index (χ3n) is 3.91. The molecule has 0 aliphatic carbocycles. The summed E-state index contributed by atoms with van der Waals surface area (Å²) in [5.41, 5.74) is -3.12. The van der Waals surface area contributed by atoms with Crippen LogP contribution in [0.15, 0.2) is 24.8 Å². The molecule has 206 valence electrons. The second kappa shape index (κ2) is 11.9. The highest BCUT2D eigenvalue weighted by molar-refractivity contribution is 5.85. The van der Waals surface area contributed by atoms with Crippen molar-refractivity contribution in [3.05, 3.63) is 24.8 Å². The Kier molecular flexibility index (Phi) is 11.8. The van der Waals surface area contributed by atoms with Crippen molar-refractivity contribution in [3.63, 3.8) is 0 Å². The van der Waals surface area contributed by atoms with Gasteiger partial charge in [0.2, 0.25) is 11.7 Å². The number of ether oxygens (including phenoxy) is 2. The van der Waals surface area contributed by atoms with Crippen LogP contribution in [0.25, 0.3) is 0 Å². The fourth-order valence-corrected chi connectivity index (χ4v) is 2.09. The number of halogens is 14. The van der Waals surface area contributed by atoms with Crippen LogP contribution in [0, 0.1) is 0 Å². The Morgan fingerprint density at radius 3 is 1.29 bits per heavy atom. The van der Waals surface area contributed by atoms with Crippen molar-refractivity contribution in [2.45, 2.75) is 69.0 Å². The molecule has 1 unspecified atom stereocenters. The van der Waals surface area contributed by atoms with Crippen LogP contribution in [0.1, 0.15) is 26.7 Å². The Labute approximate surface area is 187 Å². The molecule has 0 aromatic carbocycles. The minimum Gasteiger partial charge on any atom is -0.447 e. The predicted octanol–water partition coefficient (Wildman–Crippen LogP) is 6.61. The molecule has 0 heterocycles. The largest absolute Gasteiger partial charge is 0.447 e. The van der Waals surface area contributed by atoms with Crippen LogP contribution in [-0.4, -0.2) is 54.3 Å². The van der Waals surface area contributed by atoms with Crippen LogP contribution in [-0.2, 0) is 19.1 Å². The summed E-state index contributed by atoms with van der Waals surface area (Å²) in [7, 11) is 0. The van der Waals surface area contributed by atoms with Gasteiger partial charge >= 0.3 is 36.4 Å². The molecular weight excluding hydrogens is 534 g/mol. The normalized spacial score (nSPS) is 14.0. The molecule has 0 aromatic rings. The van der Waals surface area contributed by atoms with E-state index in [0.29, 0.717) is 0 Å². The Bertz CT molecular complexity index is 748. The van der Waals surface area contributed by atoms with E-state index >= 15 is 0 Å². The van der Waals surface area contributed by atoms with E-state index in [1.54, 1.807) is 0 Å². The lowest BCUT2D eigenvalue weighted by Crippen LogP contribution is -2.59. The van der Waals surface area contributed by atoms with Gasteiger partial charge in [0.1, 0.15) is 0 Å². The van der Waals surface area contributed by atoms with Gasteiger partial charge in [0, 0.05) is 0 Å². The van der Waals surface area contributed by atoms with E-state index in [2.05, 4.69) is 22.6 Å². The van der Waals surface area contributed by atoms with Gasteiger partial charge in [-0.25, -0.2) is 14.0 Å². The number of alkyl halides is 12. The zero-order valence-corrected chi connectivity index (χ0v) is 17.4. The van der Waals surface area contributed by atoms with Crippen molar-refractivity contribution in [1.29, 1.82) is 0 Å². The highest BCUT2D eigenvalue weighted by atomic mass is 19.4. The summed E-state index contributed by atoms with van der Waals surface area (Å²) in [6.07, 6.45) is -28.1. The van der Waals surface area contributed by atoms with Crippen molar-refractivity contribution < 1.29 is 80.5 Å². The Hall–Kier alpha value is -2.56. The summed E-state index contributed by atoms with van der Waals surface area (Å²) in [5, 5.41) is 0. The fraction of sp³-hybridized carbons (Fsp3) is 0.647. The average Bonchev–Trinajstić information content (AvgIpc) is 2.66. The summed E-state index contributed by atoms with van der Waals surface area (Å²) in [6, 6.07) is 0. The summed E-state index contributed by atoms with van der Waals surface area (Å²) < 4.78 is 178. The Balaban J connectivity index is 0. The molecular formula is C17H16F14O4. The molecule has 0 spiro atoms. The third kappa shape index (κ3) is 9.54. The molecule has 0 fully saturated rings. The number of hydrogen-bond acceptors (Lipinski definition) is 4. The maximum Gasteiger partial charge on any atom is 0.434 e. The average molecular weight is 550 g/mol. The molecule has 0 aliphatic heterocycles. The van der Waals surface area contributed by atoms with Gasteiger partial charge in [0.15, 0.2) is 5.60 Å². The van der Waals surface area contributed by atoms with Crippen molar-refractivity contribution >= 4 is 11.9 Å². The molecule has 0 N–H and O–H groups in total. The number of hydrogen-bond donors (Lipinski definition) is 0. The van der Waals surface area contributed by atoms with Crippen LogP contribution < -0.4 is 0 Å². The highest BCUT2D eigenvalue weighted by Crippen LogP contribution is 2.47. The summed E-state index contributed by atoms with van der Waals surface area (Å²) in [4.78, 5) is 21.1. The molecule has 0 saturated heterocycles. The molecule has 0 aliphatic rings. The molecule has 0 amide bonds. The number of rotatable bonds is 8. The lowest BCUT2D eigenvalue weighted by atomic mass is 9.86. The topological polar surface area (TPSA) is 52.6 Å². The van der Waals surface area contributed by atoms with E-state index in [0.717, 1.165) is 13.8 Å². The van der Waals surface area contributed by atoms with Gasteiger partial charge in [0.25, 0.3) is 12.3 Å². The smallest absolute Gasteiger partial charge is 0.434 e. The molecule has 0 rings (SSSR count). The zero-order valence-electron chi connectivity index (χ0n) is 17.4. The van der Waals surface area contributed by atoms with Crippen molar-refractivity contribution in [2.24, 2.45) is 0 Å². The van der Waals surface area contributed by atoms with Gasteiger partial charge in [-0.1, -0.05) is 27.0 Å². The van der Waals surface area contributed by atoms with Gasteiger partial charge in [-0.05, 0) is 12.8 Å². The number of carbonyl (C=O) groups excluding carboxylic acids is 2. The van der Waals surface area contributed by atoms with Crippen LogP contribution in [0.3, 0.4) is 0 Å². The molecule has 0 saturated carbocycles. The maximum absolute atomic E-state index is 13.7. The third-order valence-corrected chi connectivity index (χ3v) is 3.91. The van der Waals surface area contributed by atoms with Crippen molar-refractivity contribution in [2.75, 3.05) is 0 Å². The zero-order chi connectivity index (χ0) is 28.8. The van der Waals surface area contributed by atoms with Crippen molar-refractivity contribution in [1.82, 2.24) is 0 Å². The van der Waals surface area contributed by atoms with E-state index in [4.69, 9.17) is 0 Å². The van der Waals surface area contributed by atoms with E-state index < -0.39 is 78.8 Å². The number of carbonyl (C=O) groups is 2. The predicted molar refractivity (Wildman–Crippen MR) is 87.8 cm³/mol. The first-order valence-electron chi connectivity index (χ1n) is 8.66. The van der Waals surface area contributed by atoms with Gasteiger partial charge in [0.05, 0.1) is 0 Å². The molecule has 35 heavy (non-hydrogen) atoms. The summed E-state index contributed by atoms with van der Waals surface area (Å²) in [6.45, 7) is 6.61. The monoisotopic (exact) mass is 550 g/mol. The quantitative estimate of drug-likeness (QED) is 0.194. The van der Waals surface area contributed by atoms with Gasteiger partial charge in [-0.2, -0.15) is 57.1 Å². The summed E-state index contributed by atoms with van der Waals surface area (Å²) >= 11 is 0. The van der Waals surface area contributed by atoms with Crippen LogP contribution in [0.2, 0.25) is 0 Å². The first-order valence-corrected chi connectivity index (χ1v) is 8.66. The number of esters is 2. The first-order chi connectivity index (χ1) is 15.3. The molecule has 4 nitrogen and oxygen atoms in total. The second-order valence-corrected chi connectivity index (χ2v) is 6.30. The van der Waals surface area contributed by atoms with E-state index in [1.165, 1.54) is 0 Å². The van der Waals surface area contributed by atoms with Gasteiger partial charge < -0.3 is 9.47 Å². The van der Waals surface area contributed by atoms with Crippen molar-refractivity contribution in [3.8, 4) is 0 Å². The molecule has 0 radical (unpaired) electrons. The van der Waals surface area contributed by atoms with Crippen LogP contribution in [0.5, 0.6) is 0 Å². The van der Waals surface area contributed by atoms with E-state index in [9.17, 15) is 71.1 Å². The van der Waals surface area contributed by atoms with Crippen LogP contribution >= 0.6 is 0 Å². The minimum absolute atomic E-state index is 0.841. The van der Waals surface area contributed by atoms with E-state index in [1.807, 2.05) is 0 Å². The highest BCUT2D eigenvalue weighted by Gasteiger charge is 2.68. The maximum atomic E-state index is 13.7. The molecule has 0 bridgehead atoms.